The SMILES string of the molecule is COCCOC(C)C(C)n1c(C)c(C(=O)OC(C)(C)C)c2cccnc21.Cc1c(C(=O)OC(C)(C)C)c2cccnc2n1C(C)C(C)O. The summed E-state index contributed by atoms with van der Waals surface area (Å²) >= 11 is 0. The molecule has 48 heavy (non-hydrogen) atoms. The van der Waals surface area contributed by atoms with Gasteiger partial charge in [-0.15, -0.1) is 0 Å². The van der Waals surface area contributed by atoms with Crippen molar-refractivity contribution in [1.29, 1.82) is 0 Å². The van der Waals surface area contributed by atoms with E-state index < -0.39 is 17.3 Å². The van der Waals surface area contributed by atoms with Crippen LogP contribution in [0, 0.1) is 13.8 Å². The van der Waals surface area contributed by atoms with Gasteiger partial charge in [0.2, 0.25) is 0 Å². The van der Waals surface area contributed by atoms with Gasteiger partial charge in [-0.05, 0) is 107 Å². The van der Waals surface area contributed by atoms with Crippen molar-refractivity contribution in [3.8, 4) is 0 Å². The highest BCUT2D eigenvalue weighted by Gasteiger charge is 2.30. The molecule has 0 aliphatic rings. The molecule has 4 unspecified atom stereocenters. The minimum atomic E-state index is -0.559. The van der Waals surface area contributed by atoms with Crippen LogP contribution in [0.3, 0.4) is 0 Å². The van der Waals surface area contributed by atoms with Crippen molar-refractivity contribution in [2.24, 2.45) is 0 Å². The van der Waals surface area contributed by atoms with Crippen molar-refractivity contribution in [2.45, 2.75) is 119 Å². The maximum atomic E-state index is 12.8. The number of carbonyl (C=O) groups is 2. The highest BCUT2D eigenvalue weighted by Crippen LogP contribution is 2.32. The Morgan fingerprint density at radius 3 is 1.54 bits per heavy atom. The second kappa shape index (κ2) is 15.6. The van der Waals surface area contributed by atoms with Gasteiger partial charge in [0.1, 0.15) is 22.5 Å². The maximum absolute atomic E-state index is 12.8. The zero-order chi connectivity index (χ0) is 36.1. The van der Waals surface area contributed by atoms with E-state index in [1.54, 1.807) is 32.5 Å². The lowest BCUT2D eigenvalue weighted by atomic mass is 10.1. The molecule has 4 aromatic heterocycles. The molecule has 4 atom stereocenters. The summed E-state index contributed by atoms with van der Waals surface area (Å²) in [6.45, 7) is 23.7. The highest BCUT2D eigenvalue weighted by atomic mass is 16.6. The van der Waals surface area contributed by atoms with E-state index in [-0.39, 0.29) is 30.1 Å². The normalized spacial score (nSPS) is 14.6. The van der Waals surface area contributed by atoms with Gasteiger partial charge in [0.05, 0.1) is 48.6 Å². The van der Waals surface area contributed by atoms with Gasteiger partial charge in [-0.2, -0.15) is 0 Å². The molecule has 4 rings (SSSR count). The highest BCUT2D eigenvalue weighted by molar-refractivity contribution is 6.06. The lowest BCUT2D eigenvalue weighted by molar-refractivity contribution is 0.00338. The van der Waals surface area contributed by atoms with Crippen LogP contribution in [0.25, 0.3) is 22.1 Å². The smallest absolute Gasteiger partial charge is 0.341 e. The van der Waals surface area contributed by atoms with Crippen molar-refractivity contribution in [1.82, 2.24) is 19.1 Å². The van der Waals surface area contributed by atoms with E-state index in [4.69, 9.17) is 18.9 Å². The third-order valence-electron chi connectivity index (χ3n) is 8.08. The molecule has 0 bridgehead atoms. The number of aliphatic hydroxyl groups excluding tert-OH is 1. The lowest BCUT2D eigenvalue weighted by Crippen LogP contribution is -2.26. The van der Waals surface area contributed by atoms with Gasteiger partial charge in [-0.1, -0.05) is 0 Å². The summed E-state index contributed by atoms with van der Waals surface area (Å²) in [4.78, 5) is 34.3. The molecule has 0 aliphatic carbocycles. The van der Waals surface area contributed by atoms with Crippen molar-refractivity contribution in [2.75, 3.05) is 20.3 Å². The number of ether oxygens (including phenoxy) is 4. The quantitative estimate of drug-likeness (QED) is 0.139. The molecule has 0 fully saturated rings. The van der Waals surface area contributed by atoms with Gasteiger partial charge in [-0.25, -0.2) is 19.6 Å². The number of carbonyl (C=O) groups excluding carboxylic acids is 2. The molecule has 0 aromatic carbocycles. The van der Waals surface area contributed by atoms with E-state index >= 15 is 0 Å². The number of aliphatic hydroxyl groups is 1. The van der Waals surface area contributed by atoms with Crippen molar-refractivity contribution >= 4 is 34.0 Å². The van der Waals surface area contributed by atoms with Crippen LogP contribution < -0.4 is 0 Å². The number of hydrogen-bond donors (Lipinski definition) is 1. The Balaban J connectivity index is 0.000000264. The molecule has 0 saturated carbocycles. The van der Waals surface area contributed by atoms with Crippen LogP contribution >= 0.6 is 0 Å². The fourth-order valence-corrected chi connectivity index (χ4v) is 5.57. The fourth-order valence-electron chi connectivity index (χ4n) is 5.57. The monoisotopic (exact) mass is 666 g/mol. The van der Waals surface area contributed by atoms with E-state index in [2.05, 4.69) is 21.5 Å². The Morgan fingerprint density at radius 1 is 0.750 bits per heavy atom. The molecule has 0 amide bonds. The van der Waals surface area contributed by atoms with Gasteiger partial charge in [0.15, 0.2) is 0 Å². The number of esters is 2. The van der Waals surface area contributed by atoms with Crippen molar-refractivity contribution in [3.05, 3.63) is 59.2 Å². The maximum Gasteiger partial charge on any atom is 0.341 e. The molecule has 0 saturated heterocycles. The topological polar surface area (TPSA) is 127 Å². The molecule has 11 nitrogen and oxygen atoms in total. The minimum Gasteiger partial charge on any atom is -0.456 e. The zero-order valence-electron chi connectivity index (χ0n) is 30.9. The van der Waals surface area contributed by atoms with E-state index in [1.165, 1.54) is 0 Å². The first kappa shape index (κ1) is 38.6. The Kier molecular flexibility index (Phi) is 12.6. The molecule has 1 N–H and O–H groups in total. The van der Waals surface area contributed by atoms with Crippen LogP contribution in [0.15, 0.2) is 36.7 Å². The predicted molar refractivity (Wildman–Crippen MR) is 188 cm³/mol. The fraction of sp³-hybridized carbons (Fsp3) is 0.568. The molecule has 0 radical (unpaired) electrons. The van der Waals surface area contributed by atoms with Gasteiger partial charge in [-0.3, -0.25) is 0 Å². The Morgan fingerprint density at radius 2 is 1.17 bits per heavy atom. The number of methoxy groups -OCH3 is 1. The first-order valence-corrected chi connectivity index (χ1v) is 16.5. The van der Waals surface area contributed by atoms with Crippen molar-refractivity contribution < 1.29 is 33.6 Å². The van der Waals surface area contributed by atoms with E-state index in [1.807, 2.05) is 92.0 Å². The molecule has 4 aromatic rings. The predicted octanol–water partition coefficient (Wildman–Crippen LogP) is 7.15. The molecule has 0 aliphatic heterocycles. The molecule has 4 heterocycles. The molecular formula is C37H54N4O7. The second-order valence-electron chi connectivity index (χ2n) is 14.2. The Hall–Kier alpha value is -3.80. The number of fused-ring (bicyclic) bond motifs is 2. The summed E-state index contributed by atoms with van der Waals surface area (Å²) in [6, 6.07) is 7.22. The average Bonchev–Trinajstić information content (AvgIpc) is 3.44. The first-order chi connectivity index (χ1) is 22.3. The van der Waals surface area contributed by atoms with Crippen LogP contribution in [-0.2, 0) is 18.9 Å². The summed E-state index contributed by atoms with van der Waals surface area (Å²) < 4.78 is 26.0. The number of hydrogen-bond acceptors (Lipinski definition) is 9. The van der Waals surface area contributed by atoms with Gasteiger partial charge >= 0.3 is 11.9 Å². The van der Waals surface area contributed by atoms with Crippen LogP contribution in [0.2, 0.25) is 0 Å². The van der Waals surface area contributed by atoms with Crippen LogP contribution in [-0.4, -0.2) is 79.9 Å². The minimum absolute atomic E-state index is 0.000410. The summed E-state index contributed by atoms with van der Waals surface area (Å²) in [7, 11) is 1.65. The Labute approximate surface area is 284 Å². The molecule has 0 spiro atoms. The van der Waals surface area contributed by atoms with Gasteiger partial charge in [0, 0.05) is 41.7 Å². The number of nitrogens with zero attached hydrogens (tertiary/aromatic N) is 4. The largest absolute Gasteiger partial charge is 0.456 e. The zero-order valence-corrected chi connectivity index (χ0v) is 30.9. The van der Waals surface area contributed by atoms with Gasteiger partial charge in [0.25, 0.3) is 0 Å². The lowest BCUT2D eigenvalue weighted by Gasteiger charge is -2.24. The Bertz CT molecular complexity index is 1710. The number of rotatable bonds is 10. The van der Waals surface area contributed by atoms with E-state index in [0.29, 0.717) is 30.0 Å². The summed E-state index contributed by atoms with van der Waals surface area (Å²) in [5.74, 6) is -0.688. The van der Waals surface area contributed by atoms with Crippen LogP contribution in [0.4, 0.5) is 0 Å². The second-order valence-corrected chi connectivity index (χ2v) is 14.2. The summed E-state index contributed by atoms with van der Waals surface area (Å²) in [6.07, 6.45) is 2.81. The summed E-state index contributed by atoms with van der Waals surface area (Å²) in [5.41, 5.74) is 3.02. The standard InChI is InChI=1S/C20H30N2O4.C17H24N2O3/c1-13(15(3)25-12-11-24-7)22-14(2)17(19(23)26-20(4,5)6)16-9-8-10-21-18(16)22;1-10(12(3)20)19-11(2)14(16(21)22-17(4,5)6)13-8-7-9-18-15(13)19/h8-10,13,15H,11-12H2,1-7H3;7-10,12,20H,1-6H3. The van der Waals surface area contributed by atoms with Crippen LogP contribution in [0.1, 0.15) is 113 Å². The van der Waals surface area contributed by atoms with E-state index in [9.17, 15) is 14.7 Å². The third-order valence-corrected chi connectivity index (χ3v) is 8.08. The molecule has 11 heteroatoms. The first-order valence-electron chi connectivity index (χ1n) is 16.5. The molecule has 264 valence electrons. The van der Waals surface area contributed by atoms with Crippen LogP contribution in [0.5, 0.6) is 0 Å². The number of pyridine rings is 2. The van der Waals surface area contributed by atoms with Crippen molar-refractivity contribution in [3.63, 3.8) is 0 Å². The molecular weight excluding hydrogens is 612 g/mol. The number of aromatic nitrogens is 4. The summed E-state index contributed by atoms with van der Waals surface area (Å²) in [5, 5.41) is 11.5. The van der Waals surface area contributed by atoms with Gasteiger partial charge < -0.3 is 33.2 Å². The average molecular weight is 667 g/mol. The third kappa shape index (κ3) is 9.00. The van der Waals surface area contributed by atoms with E-state index in [0.717, 1.165) is 27.8 Å².